The van der Waals surface area contributed by atoms with Gasteiger partial charge in [0.1, 0.15) is 0 Å². The Morgan fingerprint density at radius 2 is 2.00 bits per heavy atom. The van der Waals surface area contributed by atoms with Crippen LogP contribution in [0.4, 0.5) is 5.69 Å². The minimum atomic E-state index is -0.848. The molecule has 39 heavy (non-hydrogen) atoms. The number of hydrogen-bond acceptors (Lipinski definition) is 6. The molecule has 0 radical (unpaired) electrons. The van der Waals surface area contributed by atoms with Crippen molar-refractivity contribution in [2.24, 2.45) is 13.0 Å². The number of hydrogen-bond donors (Lipinski definition) is 1. The first-order valence-corrected chi connectivity index (χ1v) is 13.6. The van der Waals surface area contributed by atoms with Crippen LogP contribution < -0.4 is 14.4 Å². The van der Waals surface area contributed by atoms with E-state index in [-0.39, 0.29) is 31.2 Å². The Balaban J connectivity index is 1.44. The lowest BCUT2D eigenvalue weighted by atomic mass is 9.83. The number of rotatable bonds is 11. The maximum absolute atomic E-state index is 13.8. The van der Waals surface area contributed by atoms with E-state index in [4.69, 9.17) is 9.47 Å². The van der Waals surface area contributed by atoms with Crippen molar-refractivity contribution in [3.8, 4) is 11.5 Å². The summed E-state index contributed by atoms with van der Waals surface area (Å²) in [5, 5.41) is 10.5. The molecule has 3 atom stereocenters. The number of pyridine rings is 1. The van der Waals surface area contributed by atoms with E-state index in [0.29, 0.717) is 31.0 Å². The summed E-state index contributed by atoms with van der Waals surface area (Å²) in [6, 6.07) is 13.1. The van der Waals surface area contributed by atoms with E-state index in [1.165, 1.54) is 0 Å². The fourth-order valence-corrected chi connectivity index (χ4v) is 5.87. The molecule has 1 amide bonds. The molecule has 2 aliphatic heterocycles. The molecule has 0 unspecified atom stereocenters. The number of carbonyl (C=O) groups is 2. The maximum atomic E-state index is 13.8. The van der Waals surface area contributed by atoms with Crippen LogP contribution in [0.15, 0.2) is 61.1 Å². The predicted octanol–water partition coefficient (Wildman–Crippen LogP) is 4.08. The fourth-order valence-electron chi connectivity index (χ4n) is 5.87. The summed E-state index contributed by atoms with van der Waals surface area (Å²) in [5.74, 6) is -0.546. The summed E-state index contributed by atoms with van der Waals surface area (Å²) in [7, 11) is 1.99. The third-order valence-corrected chi connectivity index (χ3v) is 7.94. The maximum Gasteiger partial charge on any atom is 0.308 e. The molecule has 2 aromatic heterocycles. The van der Waals surface area contributed by atoms with Gasteiger partial charge in [-0.15, -0.1) is 0 Å². The van der Waals surface area contributed by atoms with Gasteiger partial charge in [0, 0.05) is 50.2 Å². The Bertz CT molecular complexity index is 1290. The Morgan fingerprint density at radius 1 is 1.15 bits per heavy atom. The van der Waals surface area contributed by atoms with E-state index < -0.39 is 11.9 Å². The summed E-state index contributed by atoms with van der Waals surface area (Å²) in [4.78, 5) is 34.7. The van der Waals surface area contributed by atoms with Gasteiger partial charge in [0.2, 0.25) is 12.7 Å². The Labute approximate surface area is 229 Å². The molecule has 0 bridgehead atoms. The van der Waals surface area contributed by atoms with E-state index in [1.807, 2.05) is 49.6 Å². The van der Waals surface area contributed by atoms with Crippen LogP contribution in [0, 0.1) is 5.92 Å². The van der Waals surface area contributed by atoms with Crippen LogP contribution in [0.25, 0.3) is 0 Å². The number of aliphatic carboxylic acids is 1. The quantitative estimate of drug-likeness (QED) is 0.397. The number of aryl methyl sites for hydroxylation is 2. The van der Waals surface area contributed by atoms with Gasteiger partial charge >= 0.3 is 5.97 Å². The largest absolute Gasteiger partial charge is 0.481 e. The molecule has 1 fully saturated rings. The van der Waals surface area contributed by atoms with Crippen molar-refractivity contribution in [1.82, 2.24) is 14.5 Å². The highest BCUT2D eigenvalue weighted by molar-refractivity contribution is 5.94. The van der Waals surface area contributed by atoms with Crippen molar-refractivity contribution in [3.05, 3.63) is 72.3 Å². The molecule has 4 heterocycles. The van der Waals surface area contributed by atoms with Gasteiger partial charge in [-0.05, 0) is 61.2 Å². The third-order valence-electron chi connectivity index (χ3n) is 7.94. The van der Waals surface area contributed by atoms with Crippen LogP contribution >= 0.6 is 0 Å². The first-order valence-electron chi connectivity index (χ1n) is 13.6. The van der Waals surface area contributed by atoms with E-state index in [1.54, 1.807) is 17.3 Å². The summed E-state index contributed by atoms with van der Waals surface area (Å²) in [6.45, 7) is 3.46. The number of carboxylic acids is 1. The zero-order chi connectivity index (χ0) is 27.4. The Hall–Kier alpha value is -3.85. The van der Waals surface area contributed by atoms with Gasteiger partial charge in [-0.25, -0.2) is 0 Å². The number of aromatic nitrogens is 2. The van der Waals surface area contributed by atoms with Gasteiger partial charge in [0.25, 0.3) is 0 Å². The zero-order valence-electron chi connectivity index (χ0n) is 22.5. The highest BCUT2D eigenvalue weighted by Crippen LogP contribution is 2.43. The molecule has 1 N–H and O–H groups in total. The molecule has 9 heteroatoms. The highest BCUT2D eigenvalue weighted by atomic mass is 16.7. The average Bonchev–Trinajstić information content (AvgIpc) is 3.66. The van der Waals surface area contributed by atoms with E-state index in [0.717, 1.165) is 36.2 Å². The molecule has 5 rings (SSSR count). The van der Waals surface area contributed by atoms with Crippen molar-refractivity contribution in [1.29, 1.82) is 0 Å². The second-order valence-corrected chi connectivity index (χ2v) is 10.3. The van der Waals surface area contributed by atoms with Gasteiger partial charge in [0.05, 0.1) is 24.3 Å². The summed E-state index contributed by atoms with van der Waals surface area (Å²) in [6.07, 6.45) is 8.58. The van der Waals surface area contributed by atoms with Crippen molar-refractivity contribution >= 4 is 17.6 Å². The summed E-state index contributed by atoms with van der Waals surface area (Å²) < 4.78 is 13.1. The van der Waals surface area contributed by atoms with Gasteiger partial charge in [-0.3, -0.25) is 19.5 Å². The fraction of sp³-hybridized carbons (Fsp3) is 0.433. The minimum absolute atomic E-state index is 0.0456. The third kappa shape index (κ3) is 5.78. The topological polar surface area (TPSA) is 97.1 Å². The van der Waals surface area contributed by atoms with Gasteiger partial charge < -0.3 is 24.0 Å². The van der Waals surface area contributed by atoms with Crippen molar-refractivity contribution in [2.75, 3.05) is 31.3 Å². The number of ether oxygens (including phenoxy) is 2. The molecular weight excluding hydrogens is 496 g/mol. The SMILES string of the molecule is CCCCN(C(=O)CN1C[C@H](c2ccc3c(c2)OCO3)[C@@H](C(=O)O)[C@@H]1CCc1cccn1C)c1cccnc1. The molecule has 0 spiro atoms. The van der Waals surface area contributed by atoms with Crippen LogP contribution in [0.5, 0.6) is 11.5 Å². The van der Waals surface area contributed by atoms with Crippen LogP contribution in [0.3, 0.4) is 0 Å². The van der Waals surface area contributed by atoms with E-state index in [9.17, 15) is 14.7 Å². The average molecular weight is 533 g/mol. The van der Waals surface area contributed by atoms with Crippen molar-refractivity contribution in [3.63, 3.8) is 0 Å². The van der Waals surface area contributed by atoms with E-state index in [2.05, 4.69) is 27.4 Å². The molecule has 1 saturated heterocycles. The lowest BCUT2D eigenvalue weighted by Gasteiger charge is -2.29. The first kappa shape index (κ1) is 26.7. The monoisotopic (exact) mass is 532 g/mol. The van der Waals surface area contributed by atoms with Crippen LogP contribution in [-0.2, 0) is 23.1 Å². The smallest absolute Gasteiger partial charge is 0.308 e. The van der Waals surface area contributed by atoms with Crippen LogP contribution in [0.1, 0.15) is 43.4 Å². The van der Waals surface area contributed by atoms with Crippen molar-refractivity contribution in [2.45, 2.75) is 44.6 Å². The molecule has 9 nitrogen and oxygen atoms in total. The number of unbranched alkanes of at least 4 members (excludes halogenated alkanes) is 1. The highest BCUT2D eigenvalue weighted by Gasteiger charge is 2.47. The lowest BCUT2D eigenvalue weighted by molar-refractivity contribution is -0.143. The molecular formula is C30H36N4O5. The number of anilines is 1. The lowest BCUT2D eigenvalue weighted by Crippen LogP contribution is -2.44. The van der Waals surface area contributed by atoms with Crippen LogP contribution in [0.2, 0.25) is 0 Å². The van der Waals surface area contributed by atoms with Gasteiger partial charge in [-0.2, -0.15) is 0 Å². The standard InChI is InChI=1S/C30H36N4O5/c1-3-4-15-34(23-7-5-13-31-17-23)28(35)19-33-18-24(21-9-12-26-27(16-21)39-20-38-26)29(30(36)37)25(33)11-10-22-8-6-14-32(22)2/h5-9,12-14,16-17,24-25,29H,3-4,10-11,15,18-20H2,1-2H3,(H,36,37)/t24-,25+,29-/m1/s1. The number of amides is 1. The molecule has 0 aliphatic carbocycles. The van der Waals surface area contributed by atoms with Crippen LogP contribution in [-0.4, -0.2) is 63.9 Å². The molecule has 1 aromatic carbocycles. The molecule has 3 aromatic rings. The van der Waals surface area contributed by atoms with Gasteiger partial charge in [-0.1, -0.05) is 19.4 Å². The summed E-state index contributed by atoms with van der Waals surface area (Å²) in [5.41, 5.74) is 2.79. The second kappa shape index (κ2) is 11.9. The molecule has 0 saturated carbocycles. The summed E-state index contributed by atoms with van der Waals surface area (Å²) >= 11 is 0. The van der Waals surface area contributed by atoms with Crippen molar-refractivity contribution < 1.29 is 24.2 Å². The number of fused-ring (bicyclic) bond motifs is 1. The Morgan fingerprint density at radius 3 is 2.72 bits per heavy atom. The number of nitrogens with zero attached hydrogens (tertiary/aromatic N) is 4. The number of likely N-dealkylation sites (tertiary alicyclic amines) is 1. The number of benzene rings is 1. The van der Waals surface area contributed by atoms with Gasteiger partial charge in [0.15, 0.2) is 11.5 Å². The first-order chi connectivity index (χ1) is 19.0. The number of carboxylic acid groups (broad SMARTS) is 1. The predicted molar refractivity (Wildman–Crippen MR) is 147 cm³/mol. The normalized spacial score (nSPS) is 20.3. The molecule has 2 aliphatic rings. The van der Waals surface area contributed by atoms with E-state index >= 15 is 0 Å². The molecule has 206 valence electrons. The Kier molecular flexibility index (Phi) is 8.16. The number of carbonyl (C=O) groups excluding carboxylic acids is 1. The second-order valence-electron chi connectivity index (χ2n) is 10.3. The zero-order valence-corrected chi connectivity index (χ0v) is 22.5. The minimum Gasteiger partial charge on any atom is -0.481 e.